The van der Waals surface area contributed by atoms with Gasteiger partial charge in [0.15, 0.2) is 0 Å². The van der Waals surface area contributed by atoms with Crippen LogP contribution in [0.1, 0.15) is 36.5 Å². The Kier molecular flexibility index (Phi) is 7.33. The molecule has 1 aliphatic heterocycles. The van der Waals surface area contributed by atoms with Crippen molar-refractivity contribution < 1.29 is 17.9 Å². The Labute approximate surface area is 178 Å². The Bertz CT molecular complexity index is 972. The summed E-state index contributed by atoms with van der Waals surface area (Å²) >= 11 is 0. The van der Waals surface area contributed by atoms with Gasteiger partial charge in [0.05, 0.1) is 17.7 Å². The number of anilines is 1. The van der Waals surface area contributed by atoms with E-state index in [1.54, 1.807) is 36.4 Å². The molecule has 1 amide bonds. The van der Waals surface area contributed by atoms with Gasteiger partial charge in [-0.05, 0) is 62.7 Å². The zero-order chi connectivity index (χ0) is 21.6. The molecule has 1 saturated heterocycles. The van der Waals surface area contributed by atoms with E-state index in [9.17, 15) is 13.2 Å². The van der Waals surface area contributed by atoms with Crippen LogP contribution in [0.5, 0.6) is 5.75 Å². The summed E-state index contributed by atoms with van der Waals surface area (Å²) < 4.78 is 33.4. The van der Waals surface area contributed by atoms with Crippen molar-refractivity contribution in [2.75, 3.05) is 31.5 Å². The molecular formula is C22H29N3O4S. The molecule has 1 unspecified atom stereocenters. The van der Waals surface area contributed by atoms with Crippen LogP contribution in [-0.4, -0.2) is 52.0 Å². The van der Waals surface area contributed by atoms with Crippen LogP contribution in [0.15, 0.2) is 53.4 Å². The lowest BCUT2D eigenvalue weighted by atomic mass is 10.1. The quantitative estimate of drug-likeness (QED) is 0.637. The second-order valence-corrected chi connectivity index (χ2v) is 9.03. The zero-order valence-corrected chi connectivity index (χ0v) is 18.2. The molecule has 0 spiro atoms. The highest BCUT2D eigenvalue weighted by Gasteiger charge is 2.22. The number of sulfonamides is 1. The third-order valence-corrected chi connectivity index (χ3v) is 6.75. The normalized spacial score (nSPS) is 15.5. The van der Waals surface area contributed by atoms with Crippen molar-refractivity contribution in [3.8, 4) is 5.75 Å². The van der Waals surface area contributed by atoms with Gasteiger partial charge in [-0.3, -0.25) is 14.4 Å². The molecule has 0 aromatic heterocycles. The predicted octanol–water partition coefficient (Wildman–Crippen LogP) is 3.10. The SMILES string of the molecule is CCC(CNC(=O)c1cccc(S(=O)(=O)Nc2ccccc2OC)c1)N1CCCC1. The summed E-state index contributed by atoms with van der Waals surface area (Å²) in [6, 6.07) is 13.1. The van der Waals surface area contributed by atoms with Crippen molar-refractivity contribution in [1.82, 2.24) is 10.2 Å². The monoisotopic (exact) mass is 431 g/mol. The molecule has 0 bridgehead atoms. The van der Waals surface area contributed by atoms with E-state index < -0.39 is 10.0 Å². The van der Waals surface area contributed by atoms with Crippen molar-refractivity contribution >= 4 is 21.6 Å². The summed E-state index contributed by atoms with van der Waals surface area (Å²) in [4.78, 5) is 15.1. The van der Waals surface area contributed by atoms with Crippen LogP contribution in [0.3, 0.4) is 0 Å². The number of ether oxygens (including phenoxy) is 1. The maximum atomic E-state index is 12.8. The minimum absolute atomic E-state index is 0.0210. The van der Waals surface area contributed by atoms with Crippen LogP contribution in [0, 0.1) is 0 Å². The van der Waals surface area contributed by atoms with Crippen molar-refractivity contribution in [1.29, 1.82) is 0 Å². The molecule has 7 nitrogen and oxygen atoms in total. The van der Waals surface area contributed by atoms with Gasteiger partial charge in [-0.25, -0.2) is 8.42 Å². The van der Waals surface area contributed by atoms with E-state index >= 15 is 0 Å². The lowest BCUT2D eigenvalue weighted by Crippen LogP contribution is -2.42. The van der Waals surface area contributed by atoms with E-state index in [1.165, 1.54) is 32.1 Å². The summed E-state index contributed by atoms with van der Waals surface area (Å²) in [6.07, 6.45) is 3.35. The lowest BCUT2D eigenvalue weighted by molar-refractivity contribution is 0.0937. The molecular weight excluding hydrogens is 402 g/mol. The average Bonchev–Trinajstić information content (AvgIpc) is 3.29. The maximum absolute atomic E-state index is 12.8. The van der Waals surface area contributed by atoms with Gasteiger partial charge in [-0.2, -0.15) is 0 Å². The van der Waals surface area contributed by atoms with Gasteiger partial charge >= 0.3 is 0 Å². The van der Waals surface area contributed by atoms with E-state index in [0.717, 1.165) is 19.5 Å². The minimum Gasteiger partial charge on any atom is -0.495 e. The fourth-order valence-corrected chi connectivity index (χ4v) is 4.80. The summed E-state index contributed by atoms with van der Waals surface area (Å²) in [5.41, 5.74) is 0.653. The predicted molar refractivity (Wildman–Crippen MR) is 117 cm³/mol. The van der Waals surface area contributed by atoms with Gasteiger partial charge in [-0.15, -0.1) is 0 Å². The summed E-state index contributed by atoms with van der Waals surface area (Å²) in [6.45, 7) is 4.80. The Balaban J connectivity index is 1.70. The number of para-hydroxylation sites is 2. The lowest BCUT2D eigenvalue weighted by Gasteiger charge is -2.26. The molecule has 2 N–H and O–H groups in total. The molecule has 0 radical (unpaired) electrons. The van der Waals surface area contributed by atoms with Crippen molar-refractivity contribution in [2.45, 2.75) is 37.1 Å². The summed E-state index contributed by atoms with van der Waals surface area (Å²) in [5, 5.41) is 2.96. The Morgan fingerprint density at radius 2 is 1.87 bits per heavy atom. The fourth-order valence-electron chi connectivity index (χ4n) is 3.69. The van der Waals surface area contributed by atoms with Crippen LogP contribution in [-0.2, 0) is 10.0 Å². The third kappa shape index (κ3) is 5.31. The Morgan fingerprint density at radius 1 is 1.13 bits per heavy atom. The maximum Gasteiger partial charge on any atom is 0.262 e. The number of amides is 1. The number of hydrogen-bond acceptors (Lipinski definition) is 5. The number of nitrogens with one attached hydrogen (secondary N) is 2. The van der Waals surface area contributed by atoms with Crippen LogP contribution in [0.2, 0.25) is 0 Å². The van der Waals surface area contributed by atoms with E-state index in [-0.39, 0.29) is 10.8 Å². The number of rotatable bonds is 9. The van der Waals surface area contributed by atoms with E-state index in [1.807, 2.05) is 0 Å². The highest BCUT2D eigenvalue weighted by atomic mass is 32.2. The highest BCUT2D eigenvalue weighted by molar-refractivity contribution is 7.92. The second-order valence-electron chi connectivity index (χ2n) is 7.35. The van der Waals surface area contributed by atoms with Gasteiger partial charge in [-0.1, -0.05) is 25.1 Å². The number of carbonyl (C=O) groups is 1. The van der Waals surface area contributed by atoms with Crippen LogP contribution in [0.4, 0.5) is 5.69 Å². The van der Waals surface area contributed by atoms with Crippen molar-refractivity contribution in [3.05, 3.63) is 54.1 Å². The molecule has 1 atom stereocenters. The van der Waals surface area contributed by atoms with Crippen LogP contribution < -0.4 is 14.8 Å². The van der Waals surface area contributed by atoms with Crippen LogP contribution >= 0.6 is 0 Å². The number of nitrogens with zero attached hydrogens (tertiary/aromatic N) is 1. The Morgan fingerprint density at radius 3 is 2.57 bits per heavy atom. The second kappa shape index (κ2) is 9.95. The minimum atomic E-state index is -3.87. The number of hydrogen-bond donors (Lipinski definition) is 2. The van der Waals surface area contributed by atoms with Crippen molar-refractivity contribution in [3.63, 3.8) is 0 Å². The number of benzene rings is 2. The standard InChI is InChI=1S/C22H29N3O4S/c1-3-18(25-13-6-7-14-25)16-23-22(26)17-9-8-10-19(15-17)30(27,28)24-20-11-4-5-12-21(20)29-2/h4-5,8-12,15,18,24H,3,6-7,13-14,16H2,1-2H3,(H,23,26). The topological polar surface area (TPSA) is 87.7 Å². The summed E-state index contributed by atoms with van der Waals surface area (Å²) in [7, 11) is -2.39. The summed E-state index contributed by atoms with van der Waals surface area (Å²) in [5.74, 6) is 0.143. The molecule has 2 aromatic rings. The van der Waals surface area contributed by atoms with Crippen molar-refractivity contribution in [2.24, 2.45) is 0 Å². The van der Waals surface area contributed by atoms with Gasteiger partial charge in [0.25, 0.3) is 15.9 Å². The van der Waals surface area contributed by atoms with Gasteiger partial charge in [0, 0.05) is 18.2 Å². The van der Waals surface area contributed by atoms with E-state index in [4.69, 9.17) is 4.74 Å². The molecule has 0 aliphatic carbocycles. The molecule has 1 fully saturated rings. The molecule has 2 aromatic carbocycles. The molecule has 1 aliphatic rings. The van der Waals surface area contributed by atoms with E-state index in [0.29, 0.717) is 29.6 Å². The first-order valence-corrected chi connectivity index (χ1v) is 11.7. The van der Waals surface area contributed by atoms with E-state index in [2.05, 4.69) is 21.9 Å². The average molecular weight is 432 g/mol. The smallest absolute Gasteiger partial charge is 0.262 e. The molecule has 3 rings (SSSR count). The van der Waals surface area contributed by atoms with Gasteiger partial charge in [0.1, 0.15) is 5.75 Å². The van der Waals surface area contributed by atoms with Gasteiger partial charge in [0.2, 0.25) is 0 Å². The first-order chi connectivity index (χ1) is 14.4. The number of methoxy groups -OCH3 is 1. The highest BCUT2D eigenvalue weighted by Crippen LogP contribution is 2.26. The largest absolute Gasteiger partial charge is 0.495 e. The number of carbonyl (C=O) groups excluding carboxylic acids is 1. The zero-order valence-electron chi connectivity index (χ0n) is 17.4. The molecule has 0 saturated carbocycles. The first kappa shape index (κ1) is 22.1. The Hall–Kier alpha value is -2.58. The van der Waals surface area contributed by atoms with Crippen LogP contribution in [0.25, 0.3) is 0 Å². The fraction of sp³-hybridized carbons (Fsp3) is 0.409. The number of likely N-dealkylation sites (tertiary alicyclic amines) is 1. The molecule has 30 heavy (non-hydrogen) atoms. The molecule has 162 valence electrons. The molecule has 1 heterocycles. The van der Waals surface area contributed by atoms with Gasteiger partial charge < -0.3 is 10.1 Å². The first-order valence-electron chi connectivity index (χ1n) is 10.2. The third-order valence-electron chi connectivity index (χ3n) is 5.38. The molecule has 8 heteroatoms.